The summed E-state index contributed by atoms with van der Waals surface area (Å²) < 4.78 is 1.41. The lowest BCUT2D eigenvalue weighted by atomic mass is 10.1. The van der Waals surface area contributed by atoms with Gasteiger partial charge < -0.3 is 5.32 Å². The predicted molar refractivity (Wildman–Crippen MR) is 106 cm³/mol. The smallest absolute Gasteiger partial charge is 0.328 e. The maximum absolute atomic E-state index is 12.1. The fraction of sp³-hybridized carbons (Fsp3) is 0.333. The number of amides is 1. The number of nitrogens with zero attached hydrogens (tertiary/aromatic N) is 2. The van der Waals surface area contributed by atoms with Gasteiger partial charge >= 0.3 is 5.69 Å². The van der Waals surface area contributed by atoms with Crippen molar-refractivity contribution in [2.24, 2.45) is 0 Å². The van der Waals surface area contributed by atoms with E-state index in [4.69, 9.17) is 0 Å². The van der Waals surface area contributed by atoms with Gasteiger partial charge in [-0.15, -0.1) is 0 Å². The molecule has 152 valence electrons. The number of thioether (sulfide) groups is 1. The lowest BCUT2D eigenvalue weighted by Crippen LogP contribution is -2.38. The van der Waals surface area contributed by atoms with E-state index < -0.39 is 16.5 Å². The molecule has 1 amide bonds. The highest BCUT2D eigenvalue weighted by Gasteiger charge is 2.19. The van der Waals surface area contributed by atoms with Crippen LogP contribution in [0.4, 0.5) is 5.69 Å². The van der Waals surface area contributed by atoms with Gasteiger partial charge in [0.05, 0.1) is 11.5 Å². The number of carbonyl (C=O) groups is 2. The molecule has 1 aromatic heterocycles. The molecule has 0 fully saturated rings. The average Bonchev–Trinajstić information content (AvgIpc) is 2.72. The Morgan fingerprint density at radius 1 is 1.24 bits per heavy atom. The van der Waals surface area contributed by atoms with Crippen molar-refractivity contribution >= 4 is 29.1 Å². The molecule has 29 heavy (non-hydrogen) atoms. The van der Waals surface area contributed by atoms with Gasteiger partial charge in [-0.05, 0) is 24.3 Å². The summed E-state index contributed by atoms with van der Waals surface area (Å²) in [5.41, 5.74) is 0.418. The van der Waals surface area contributed by atoms with Gasteiger partial charge in [-0.2, -0.15) is 11.8 Å². The molecular formula is C18H18N4O6S. The summed E-state index contributed by atoms with van der Waals surface area (Å²) in [7, 11) is 0. The first-order valence-electron chi connectivity index (χ1n) is 8.84. The van der Waals surface area contributed by atoms with Gasteiger partial charge in [0.1, 0.15) is 0 Å². The van der Waals surface area contributed by atoms with Gasteiger partial charge in [0.25, 0.3) is 11.2 Å². The Morgan fingerprint density at radius 3 is 2.66 bits per heavy atom. The number of carbonyl (C=O) groups excluding carboxylic acids is 2. The van der Waals surface area contributed by atoms with Gasteiger partial charge in [0.2, 0.25) is 5.91 Å². The molecule has 0 saturated carbocycles. The fourth-order valence-corrected chi connectivity index (χ4v) is 4.01. The lowest BCUT2D eigenvalue weighted by Gasteiger charge is -2.19. The van der Waals surface area contributed by atoms with Gasteiger partial charge in [-0.25, -0.2) is 4.79 Å². The predicted octanol–water partition coefficient (Wildman–Crippen LogP) is 0.623. The van der Waals surface area contributed by atoms with Gasteiger partial charge in [0.15, 0.2) is 5.78 Å². The molecule has 10 nitrogen and oxygen atoms in total. The molecular weight excluding hydrogens is 400 g/mol. The maximum Gasteiger partial charge on any atom is 0.328 e. The number of benzene rings is 1. The van der Waals surface area contributed by atoms with E-state index in [-0.39, 0.29) is 42.1 Å². The molecule has 2 heterocycles. The van der Waals surface area contributed by atoms with Crippen LogP contribution in [0.25, 0.3) is 0 Å². The van der Waals surface area contributed by atoms with E-state index in [2.05, 4.69) is 10.3 Å². The molecule has 0 unspecified atom stereocenters. The summed E-state index contributed by atoms with van der Waals surface area (Å²) in [5, 5.41) is 13.1. The molecule has 1 aliphatic rings. The van der Waals surface area contributed by atoms with Crippen molar-refractivity contribution in [2.45, 2.75) is 25.1 Å². The Balaban J connectivity index is 1.58. The van der Waals surface area contributed by atoms with Crippen molar-refractivity contribution < 1.29 is 14.5 Å². The second-order valence-electron chi connectivity index (χ2n) is 6.39. The number of aromatic amines is 1. The third-order valence-corrected chi connectivity index (χ3v) is 5.54. The Labute approximate surface area is 168 Å². The number of non-ortho nitro benzene ring substituents is 1. The van der Waals surface area contributed by atoms with Crippen molar-refractivity contribution in [3.8, 4) is 0 Å². The van der Waals surface area contributed by atoms with Crippen LogP contribution in [0.15, 0.2) is 33.9 Å². The number of ketones is 1. The average molecular weight is 418 g/mol. The Kier molecular flexibility index (Phi) is 6.27. The number of hydrogen-bond donors (Lipinski definition) is 2. The van der Waals surface area contributed by atoms with Crippen LogP contribution in [0, 0.1) is 10.1 Å². The minimum absolute atomic E-state index is 0.0287. The van der Waals surface area contributed by atoms with E-state index in [1.54, 1.807) is 11.8 Å². The second-order valence-corrected chi connectivity index (χ2v) is 7.50. The van der Waals surface area contributed by atoms with E-state index in [9.17, 15) is 29.3 Å². The quantitative estimate of drug-likeness (QED) is 0.381. The first-order chi connectivity index (χ1) is 13.9. The summed E-state index contributed by atoms with van der Waals surface area (Å²) in [5.74, 6) is 0.522. The summed E-state index contributed by atoms with van der Waals surface area (Å²) >= 11 is 1.61. The fourth-order valence-electron chi connectivity index (χ4n) is 3.02. The number of hydrogen-bond acceptors (Lipinski definition) is 7. The molecule has 1 aromatic carbocycles. The molecule has 0 radical (unpaired) electrons. The van der Waals surface area contributed by atoms with Crippen LogP contribution in [0.3, 0.4) is 0 Å². The highest BCUT2D eigenvalue weighted by Crippen LogP contribution is 2.20. The number of nitro groups is 1. The summed E-state index contributed by atoms with van der Waals surface area (Å²) in [6.45, 7) is -0.161. The minimum atomic E-state index is -0.563. The Hall–Kier alpha value is -3.21. The number of H-pyrrole nitrogens is 1. The summed E-state index contributed by atoms with van der Waals surface area (Å²) in [6, 6.07) is 5.10. The van der Waals surface area contributed by atoms with Crippen molar-refractivity contribution in [1.82, 2.24) is 14.9 Å². The van der Waals surface area contributed by atoms with E-state index >= 15 is 0 Å². The third kappa shape index (κ3) is 4.80. The van der Waals surface area contributed by atoms with Crippen LogP contribution < -0.4 is 16.6 Å². The molecule has 0 aliphatic carbocycles. The number of Topliss-reactive ketones (excluding diaryl/α,β-unsaturated/α-hetero) is 1. The lowest BCUT2D eigenvalue weighted by molar-refractivity contribution is -0.384. The van der Waals surface area contributed by atoms with Gasteiger partial charge in [-0.3, -0.25) is 34.0 Å². The van der Waals surface area contributed by atoms with Crippen LogP contribution in [0.5, 0.6) is 0 Å². The van der Waals surface area contributed by atoms with Crippen molar-refractivity contribution in [3.05, 3.63) is 72.0 Å². The molecule has 1 aliphatic heterocycles. The van der Waals surface area contributed by atoms with Crippen molar-refractivity contribution in [2.75, 3.05) is 12.3 Å². The molecule has 0 atom stereocenters. The zero-order valence-corrected chi connectivity index (χ0v) is 16.1. The second kappa shape index (κ2) is 8.86. The van der Waals surface area contributed by atoms with Gasteiger partial charge in [0, 0.05) is 47.7 Å². The maximum atomic E-state index is 12.1. The van der Waals surface area contributed by atoms with Crippen LogP contribution in [0.2, 0.25) is 0 Å². The van der Waals surface area contributed by atoms with E-state index in [0.29, 0.717) is 23.4 Å². The SMILES string of the molecule is O=C(CCn1c2c(c(=O)[nH]c1=O)CSCC2)NCC(=O)c1ccc([N+](=O)[O-])cc1. The van der Waals surface area contributed by atoms with Crippen molar-refractivity contribution in [1.29, 1.82) is 0 Å². The normalized spacial score (nSPS) is 12.8. The Bertz CT molecular complexity index is 1070. The standard InChI is InChI=1S/C18H18N4O6S/c23-15(11-1-3-12(4-2-11)22(27)28)9-19-16(24)5-7-21-14-6-8-29-10-13(14)17(25)20-18(21)26/h1-4H,5-10H2,(H,19,24)(H,20,25,26). The topological polar surface area (TPSA) is 144 Å². The zero-order valence-electron chi connectivity index (χ0n) is 15.3. The van der Waals surface area contributed by atoms with Gasteiger partial charge in [-0.1, -0.05) is 0 Å². The third-order valence-electron chi connectivity index (χ3n) is 4.55. The number of aromatic nitrogens is 2. The van der Waals surface area contributed by atoms with E-state index in [1.165, 1.54) is 28.8 Å². The summed E-state index contributed by atoms with van der Waals surface area (Å²) in [4.78, 5) is 60.6. The number of fused-ring (bicyclic) bond motifs is 1. The molecule has 2 N–H and O–H groups in total. The Morgan fingerprint density at radius 2 is 1.97 bits per heavy atom. The highest BCUT2D eigenvalue weighted by atomic mass is 32.2. The summed E-state index contributed by atoms with van der Waals surface area (Å²) in [6.07, 6.45) is 0.554. The van der Waals surface area contributed by atoms with E-state index in [0.717, 1.165) is 5.75 Å². The molecule has 0 bridgehead atoms. The molecule has 0 spiro atoms. The largest absolute Gasteiger partial charge is 0.349 e. The molecule has 3 rings (SSSR count). The highest BCUT2D eigenvalue weighted by molar-refractivity contribution is 7.98. The number of nitrogens with one attached hydrogen (secondary N) is 2. The molecule has 2 aromatic rings. The van der Waals surface area contributed by atoms with Crippen LogP contribution in [-0.4, -0.2) is 38.5 Å². The van der Waals surface area contributed by atoms with Crippen LogP contribution in [-0.2, 0) is 23.5 Å². The number of nitro benzene ring substituents is 1. The molecule has 11 heteroatoms. The van der Waals surface area contributed by atoms with E-state index in [1.807, 2.05) is 0 Å². The zero-order chi connectivity index (χ0) is 21.0. The molecule has 0 saturated heterocycles. The van der Waals surface area contributed by atoms with Crippen LogP contribution >= 0.6 is 11.8 Å². The first-order valence-corrected chi connectivity index (χ1v) is 9.99. The van der Waals surface area contributed by atoms with Crippen molar-refractivity contribution in [3.63, 3.8) is 0 Å². The van der Waals surface area contributed by atoms with Crippen LogP contribution in [0.1, 0.15) is 28.0 Å². The monoisotopic (exact) mass is 418 g/mol. The number of rotatable bonds is 7. The minimum Gasteiger partial charge on any atom is -0.349 e. The first kappa shape index (κ1) is 20.5.